The molecular formula is C21H31N5O6S. The monoisotopic (exact) mass is 481 g/mol. The molecule has 1 rings (SSSR count). The Hall–Kier alpha value is -3.12. The molecule has 0 saturated carbocycles. The summed E-state index contributed by atoms with van der Waals surface area (Å²) in [5.41, 5.74) is 12.0. The lowest BCUT2D eigenvalue weighted by atomic mass is 10.0. The van der Waals surface area contributed by atoms with Crippen LogP contribution in [-0.2, 0) is 30.4 Å². The topological polar surface area (TPSA) is 194 Å². The van der Waals surface area contributed by atoms with Crippen molar-refractivity contribution >= 4 is 42.2 Å². The molecule has 4 atom stereocenters. The number of carbonyl (C=O) groups is 5. The lowest BCUT2D eigenvalue weighted by Crippen LogP contribution is -2.59. The van der Waals surface area contributed by atoms with Crippen LogP contribution in [0.2, 0.25) is 0 Å². The van der Waals surface area contributed by atoms with Gasteiger partial charge in [-0.2, -0.15) is 12.6 Å². The highest BCUT2D eigenvalue weighted by atomic mass is 32.1. The number of amides is 4. The van der Waals surface area contributed by atoms with E-state index >= 15 is 0 Å². The molecule has 4 amide bonds. The number of nitrogens with one attached hydrogen (secondary N) is 3. The van der Waals surface area contributed by atoms with Crippen LogP contribution in [0.3, 0.4) is 0 Å². The van der Waals surface area contributed by atoms with Crippen LogP contribution in [0.4, 0.5) is 0 Å². The van der Waals surface area contributed by atoms with Gasteiger partial charge in [0, 0.05) is 5.75 Å². The molecule has 0 spiro atoms. The summed E-state index contributed by atoms with van der Waals surface area (Å²) in [4.78, 5) is 60.5. The van der Waals surface area contributed by atoms with E-state index in [0.717, 1.165) is 5.56 Å². The summed E-state index contributed by atoms with van der Waals surface area (Å²) in [6, 6.07) is 4.36. The van der Waals surface area contributed by atoms with Crippen molar-refractivity contribution in [2.75, 3.05) is 5.75 Å². The molecule has 0 radical (unpaired) electrons. The molecule has 0 aliphatic carbocycles. The van der Waals surface area contributed by atoms with Gasteiger partial charge in [-0.1, -0.05) is 44.2 Å². The molecule has 0 heterocycles. The first-order valence-corrected chi connectivity index (χ1v) is 10.9. The normalized spacial score (nSPS) is 14.5. The first kappa shape index (κ1) is 27.9. The molecule has 4 unspecified atom stereocenters. The zero-order valence-electron chi connectivity index (χ0n) is 18.5. The third-order valence-electron chi connectivity index (χ3n) is 4.72. The van der Waals surface area contributed by atoms with Crippen molar-refractivity contribution in [2.45, 2.75) is 50.9 Å². The Bertz CT molecular complexity index is 851. The van der Waals surface area contributed by atoms with Gasteiger partial charge in [-0.3, -0.25) is 19.2 Å². The van der Waals surface area contributed by atoms with Gasteiger partial charge in [-0.25, -0.2) is 4.79 Å². The van der Waals surface area contributed by atoms with E-state index in [1.807, 2.05) is 30.3 Å². The lowest BCUT2D eigenvalue weighted by Gasteiger charge is -2.26. The van der Waals surface area contributed by atoms with Gasteiger partial charge in [-0.15, -0.1) is 0 Å². The van der Waals surface area contributed by atoms with E-state index in [4.69, 9.17) is 16.6 Å². The molecule has 33 heavy (non-hydrogen) atoms. The van der Waals surface area contributed by atoms with Crippen LogP contribution in [0.5, 0.6) is 0 Å². The zero-order valence-corrected chi connectivity index (χ0v) is 19.4. The van der Waals surface area contributed by atoms with Gasteiger partial charge >= 0.3 is 5.97 Å². The van der Waals surface area contributed by atoms with E-state index in [0.29, 0.717) is 0 Å². The number of hydrogen-bond donors (Lipinski definition) is 7. The third-order valence-corrected chi connectivity index (χ3v) is 5.08. The van der Waals surface area contributed by atoms with E-state index in [-0.39, 0.29) is 18.1 Å². The summed E-state index contributed by atoms with van der Waals surface area (Å²) in [5, 5.41) is 16.2. The standard InChI is InChI=1S/C21H31N5O6S/c1-11(2)17(26-18(28)13(22)8-12-6-4-3-5-7-12)20(30)24-14(9-16(23)27)19(29)25-15(10-33)21(31)32/h3-7,11,13-15,17,33H,8-10,22H2,1-2H3,(H2,23,27)(H,24,30)(H,25,29)(H,26,28)(H,31,32). The summed E-state index contributed by atoms with van der Waals surface area (Å²) in [6.45, 7) is 3.36. The Kier molecular flexibility index (Phi) is 11.4. The number of hydrogen-bond acceptors (Lipinski definition) is 7. The van der Waals surface area contributed by atoms with Crippen molar-refractivity contribution in [2.24, 2.45) is 17.4 Å². The van der Waals surface area contributed by atoms with Gasteiger partial charge in [0.05, 0.1) is 12.5 Å². The van der Waals surface area contributed by atoms with E-state index in [1.54, 1.807) is 13.8 Å². The highest BCUT2D eigenvalue weighted by molar-refractivity contribution is 7.80. The Morgan fingerprint density at radius 2 is 1.52 bits per heavy atom. The number of carboxylic acid groups (broad SMARTS) is 1. The number of carboxylic acids is 1. The van der Waals surface area contributed by atoms with Crippen LogP contribution in [0.1, 0.15) is 25.8 Å². The molecule has 0 aliphatic rings. The Labute approximate surface area is 197 Å². The Morgan fingerprint density at radius 1 is 0.939 bits per heavy atom. The Morgan fingerprint density at radius 3 is 2.00 bits per heavy atom. The predicted octanol–water partition coefficient (Wildman–Crippen LogP) is -1.44. The van der Waals surface area contributed by atoms with Crippen molar-refractivity contribution in [3.05, 3.63) is 35.9 Å². The van der Waals surface area contributed by atoms with E-state index in [9.17, 15) is 24.0 Å². The Balaban J connectivity index is 2.89. The van der Waals surface area contributed by atoms with Crippen molar-refractivity contribution in [3.8, 4) is 0 Å². The van der Waals surface area contributed by atoms with Crippen LogP contribution >= 0.6 is 12.6 Å². The number of thiol groups is 1. The smallest absolute Gasteiger partial charge is 0.327 e. The maximum Gasteiger partial charge on any atom is 0.327 e. The molecule has 0 fully saturated rings. The molecule has 12 heteroatoms. The molecule has 0 aliphatic heterocycles. The average Bonchev–Trinajstić information content (AvgIpc) is 2.74. The van der Waals surface area contributed by atoms with Gasteiger partial charge in [-0.05, 0) is 17.9 Å². The van der Waals surface area contributed by atoms with Gasteiger partial charge in [0.15, 0.2) is 0 Å². The highest BCUT2D eigenvalue weighted by Crippen LogP contribution is 2.07. The maximum absolute atomic E-state index is 12.9. The van der Waals surface area contributed by atoms with E-state index < -0.39 is 60.2 Å². The fraction of sp³-hybridized carbons (Fsp3) is 0.476. The van der Waals surface area contributed by atoms with Crippen LogP contribution < -0.4 is 27.4 Å². The second-order valence-corrected chi connectivity index (χ2v) is 8.21. The number of carbonyl (C=O) groups excluding carboxylic acids is 4. The molecule has 8 N–H and O–H groups in total. The van der Waals surface area contributed by atoms with Gasteiger partial charge < -0.3 is 32.5 Å². The molecule has 1 aromatic rings. The van der Waals surface area contributed by atoms with Crippen LogP contribution in [0.15, 0.2) is 30.3 Å². The van der Waals surface area contributed by atoms with Gasteiger partial charge in [0.2, 0.25) is 23.6 Å². The minimum Gasteiger partial charge on any atom is -0.480 e. The highest BCUT2D eigenvalue weighted by Gasteiger charge is 2.32. The summed E-state index contributed by atoms with van der Waals surface area (Å²) in [6.07, 6.45) is -0.311. The zero-order chi connectivity index (χ0) is 25.1. The van der Waals surface area contributed by atoms with Crippen molar-refractivity contribution in [3.63, 3.8) is 0 Å². The second-order valence-electron chi connectivity index (χ2n) is 7.84. The number of rotatable bonds is 13. The minimum atomic E-state index is -1.44. The summed E-state index contributed by atoms with van der Waals surface area (Å²) < 4.78 is 0. The van der Waals surface area contributed by atoms with Gasteiger partial charge in [0.25, 0.3) is 0 Å². The summed E-state index contributed by atoms with van der Waals surface area (Å²) >= 11 is 3.86. The molecule has 182 valence electrons. The molecule has 1 aromatic carbocycles. The molecule has 11 nitrogen and oxygen atoms in total. The fourth-order valence-electron chi connectivity index (χ4n) is 2.89. The first-order valence-electron chi connectivity index (χ1n) is 10.3. The number of benzene rings is 1. The fourth-order valence-corrected chi connectivity index (χ4v) is 3.13. The minimum absolute atomic E-state index is 0.206. The lowest BCUT2D eigenvalue weighted by molar-refractivity contribution is -0.141. The van der Waals surface area contributed by atoms with Crippen molar-refractivity contribution in [1.29, 1.82) is 0 Å². The predicted molar refractivity (Wildman–Crippen MR) is 124 cm³/mol. The van der Waals surface area contributed by atoms with Gasteiger partial charge in [0.1, 0.15) is 18.1 Å². The quantitative estimate of drug-likeness (QED) is 0.168. The molecule has 0 aromatic heterocycles. The van der Waals surface area contributed by atoms with Crippen LogP contribution in [0, 0.1) is 5.92 Å². The molecule has 0 saturated heterocycles. The number of aliphatic carboxylic acids is 1. The van der Waals surface area contributed by atoms with E-state index in [2.05, 4.69) is 28.6 Å². The van der Waals surface area contributed by atoms with Crippen LogP contribution in [0.25, 0.3) is 0 Å². The summed E-state index contributed by atoms with van der Waals surface area (Å²) in [7, 11) is 0. The van der Waals surface area contributed by atoms with Crippen molar-refractivity contribution < 1.29 is 29.1 Å². The number of primary amides is 1. The third kappa shape index (κ3) is 9.49. The first-order chi connectivity index (χ1) is 15.5. The van der Waals surface area contributed by atoms with Crippen LogP contribution in [-0.4, -0.2) is 64.6 Å². The number of nitrogens with two attached hydrogens (primary N) is 2. The van der Waals surface area contributed by atoms with Crippen molar-refractivity contribution in [1.82, 2.24) is 16.0 Å². The largest absolute Gasteiger partial charge is 0.480 e. The maximum atomic E-state index is 12.9. The average molecular weight is 482 g/mol. The van der Waals surface area contributed by atoms with E-state index in [1.165, 1.54) is 0 Å². The molecular weight excluding hydrogens is 450 g/mol. The summed E-state index contributed by atoms with van der Waals surface area (Å²) in [5.74, 6) is -5.04. The SMILES string of the molecule is CC(C)C(NC(=O)C(N)Cc1ccccc1)C(=O)NC(CC(N)=O)C(=O)NC(CS)C(=O)O. The second kappa shape index (κ2) is 13.4. The molecule has 0 bridgehead atoms.